The molecule has 2 rings (SSSR count). The molecule has 1 aliphatic rings. The Morgan fingerprint density at radius 2 is 2.17 bits per heavy atom. The summed E-state index contributed by atoms with van der Waals surface area (Å²) in [6, 6.07) is 6.12. The number of nitrogens with zero attached hydrogens (tertiary/aromatic N) is 1. The van der Waals surface area contributed by atoms with Crippen molar-refractivity contribution in [2.24, 2.45) is 0 Å². The first-order chi connectivity index (χ1) is 11.1. The number of carbonyl (C=O) groups excluding carboxylic acids is 1. The number of quaternary nitrogens is 1. The van der Waals surface area contributed by atoms with Crippen molar-refractivity contribution in [3.05, 3.63) is 24.4 Å². The molecular weight excluding hydrogens is 292 g/mol. The Balaban J connectivity index is 1.59. The standard InChI is InChI=1S/C17H28N4O2/c1-15(2)23-13-5-8-19-17(22)14-20-9-11-21(12-10-20)16-6-3-4-7-18-16/h3-4,6-7,15H,5,8-14H2,1-2H3,(H,19,22)/p+2. The number of amides is 1. The molecule has 3 N–H and O–H groups in total. The van der Waals surface area contributed by atoms with Crippen LogP contribution in [0.15, 0.2) is 24.4 Å². The second kappa shape index (κ2) is 9.47. The van der Waals surface area contributed by atoms with Crippen molar-refractivity contribution in [2.75, 3.05) is 50.8 Å². The number of aromatic amines is 1. The number of carbonyl (C=O) groups is 1. The molecule has 128 valence electrons. The topological polar surface area (TPSA) is 60.1 Å². The van der Waals surface area contributed by atoms with Gasteiger partial charge in [0.25, 0.3) is 11.7 Å². The third-order valence-corrected chi connectivity index (χ3v) is 4.01. The van der Waals surface area contributed by atoms with Gasteiger partial charge in [0.05, 0.1) is 12.3 Å². The molecule has 0 saturated carbocycles. The van der Waals surface area contributed by atoms with E-state index in [0.717, 1.165) is 38.4 Å². The highest BCUT2D eigenvalue weighted by Gasteiger charge is 2.26. The van der Waals surface area contributed by atoms with Gasteiger partial charge in [-0.25, -0.2) is 4.98 Å². The number of hydrogen-bond acceptors (Lipinski definition) is 3. The maximum absolute atomic E-state index is 12.0. The number of rotatable bonds is 8. The monoisotopic (exact) mass is 322 g/mol. The molecule has 1 saturated heterocycles. The van der Waals surface area contributed by atoms with Gasteiger partial charge in [-0.3, -0.25) is 9.69 Å². The van der Waals surface area contributed by atoms with Crippen molar-refractivity contribution in [1.29, 1.82) is 0 Å². The molecule has 6 heteroatoms. The van der Waals surface area contributed by atoms with Gasteiger partial charge in [0.1, 0.15) is 26.2 Å². The molecule has 6 nitrogen and oxygen atoms in total. The number of anilines is 1. The first-order valence-corrected chi connectivity index (χ1v) is 8.58. The number of pyridine rings is 1. The van der Waals surface area contributed by atoms with E-state index >= 15 is 0 Å². The maximum Gasteiger partial charge on any atom is 0.275 e. The van der Waals surface area contributed by atoms with E-state index in [1.54, 1.807) is 0 Å². The molecule has 0 spiro atoms. The maximum atomic E-state index is 12.0. The summed E-state index contributed by atoms with van der Waals surface area (Å²) in [6.45, 7) is 9.96. The van der Waals surface area contributed by atoms with Gasteiger partial charge in [0, 0.05) is 19.2 Å². The fourth-order valence-electron chi connectivity index (χ4n) is 2.73. The number of hydrogen-bond donors (Lipinski definition) is 2. The SMILES string of the molecule is CC(C)OCCCNC(=O)C[NH+]1CCN(c2cccc[nH+]2)CC1. The van der Waals surface area contributed by atoms with Crippen LogP contribution in [0.4, 0.5) is 5.82 Å². The summed E-state index contributed by atoms with van der Waals surface area (Å²) >= 11 is 0. The van der Waals surface area contributed by atoms with Gasteiger partial charge in [0.15, 0.2) is 6.54 Å². The van der Waals surface area contributed by atoms with Gasteiger partial charge < -0.3 is 15.0 Å². The molecule has 0 aromatic carbocycles. The van der Waals surface area contributed by atoms with E-state index in [2.05, 4.69) is 21.3 Å². The molecule has 2 heterocycles. The van der Waals surface area contributed by atoms with Crippen LogP contribution in [-0.4, -0.2) is 57.9 Å². The highest BCUT2D eigenvalue weighted by molar-refractivity contribution is 5.76. The average Bonchev–Trinajstić information content (AvgIpc) is 2.56. The zero-order valence-corrected chi connectivity index (χ0v) is 14.3. The first kappa shape index (κ1) is 17.7. The lowest BCUT2D eigenvalue weighted by atomic mass is 10.3. The van der Waals surface area contributed by atoms with Gasteiger partial charge in [-0.1, -0.05) is 6.07 Å². The van der Waals surface area contributed by atoms with Crippen LogP contribution >= 0.6 is 0 Å². The summed E-state index contributed by atoms with van der Waals surface area (Å²) < 4.78 is 5.46. The summed E-state index contributed by atoms with van der Waals surface area (Å²) in [5, 5.41) is 2.99. The average molecular weight is 322 g/mol. The van der Waals surface area contributed by atoms with Gasteiger partial charge in [-0.05, 0) is 26.3 Å². The Morgan fingerprint density at radius 1 is 1.39 bits per heavy atom. The Labute approximate surface area is 138 Å². The molecule has 0 aliphatic carbocycles. The summed E-state index contributed by atoms with van der Waals surface area (Å²) in [6.07, 6.45) is 3.08. The molecule has 0 atom stereocenters. The lowest BCUT2D eigenvalue weighted by molar-refractivity contribution is -0.892. The smallest absolute Gasteiger partial charge is 0.275 e. The summed E-state index contributed by atoms with van der Waals surface area (Å²) in [5.74, 6) is 1.30. The molecular formula is C17H30N4O2+2. The van der Waals surface area contributed by atoms with Crippen LogP contribution in [0.2, 0.25) is 0 Å². The van der Waals surface area contributed by atoms with E-state index in [-0.39, 0.29) is 12.0 Å². The second-order valence-electron chi connectivity index (χ2n) is 6.28. The van der Waals surface area contributed by atoms with Crippen molar-refractivity contribution >= 4 is 11.7 Å². The fourth-order valence-corrected chi connectivity index (χ4v) is 2.73. The molecule has 0 unspecified atom stereocenters. The highest BCUT2D eigenvalue weighted by Crippen LogP contribution is 2.04. The van der Waals surface area contributed by atoms with E-state index < -0.39 is 0 Å². The Bertz CT molecular complexity index is 459. The number of nitrogens with one attached hydrogen (secondary N) is 3. The molecule has 0 bridgehead atoms. The van der Waals surface area contributed by atoms with Crippen molar-refractivity contribution in [3.8, 4) is 0 Å². The number of H-pyrrole nitrogens is 1. The molecule has 0 radical (unpaired) electrons. The van der Waals surface area contributed by atoms with E-state index in [0.29, 0.717) is 19.7 Å². The fraction of sp³-hybridized carbons (Fsp3) is 0.647. The van der Waals surface area contributed by atoms with Crippen LogP contribution in [0.1, 0.15) is 20.3 Å². The van der Waals surface area contributed by atoms with Crippen LogP contribution in [0.25, 0.3) is 0 Å². The van der Waals surface area contributed by atoms with Crippen LogP contribution < -0.4 is 20.1 Å². The quantitative estimate of drug-likeness (QED) is 0.612. The zero-order chi connectivity index (χ0) is 16.5. The molecule has 1 amide bonds. The Morgan fingerprint density at radius 3 is 2.83 bits per heavy atom. The molecule has 1 fully saturated rings. The normalized spacial score (nSPS) is 15.9. The largest absolute Gasteiger partial charge is 0.379 e. The summed E-state index contributed by atoms with van der Waals surface area (Å²) in [7, 11) is 0. The molecule has 1 aromatic rings. The lowest BCUT2D eigenvalue weighted by Crippen LogP contribution is -3.16. The Kier molecular flexibility index (Phi) is 7.29. The van der Waals surface area contributed by atoms with Crippen molar-refractivity contribution in [1.82, 2.24) is 5.32 Å². The van der Waals surface area contributed by atoms with Gasteiger partial charge >= 0.3 is 0 Å². The van der Waals surface area contributed by atoms with Gasteiger partial charge in [0.2, 0.25) is 0 Å². The highest BCUT2D eigenvalue weighted by atomic mass is 16.5. The predicted molar refractivity (Wildman–Crippen MR) is 89.5 cm³/mol. The van der Waals surface area contributed by atoms with Crippen molar-refractivity contribution in [3.63, 3.8) is 0 Å². The van der Waals surface area contributed by atoms with Crippen LogP contribution in [0.3, 0.4) is 0 Å². The third kappa shape index (κ3) is 6.54. The first-order valence-electron chi connectivity index (χ1n) is 8.58. The van der Waals surface area contributed by atoms with Crippen LogP contribution in [0.5, 0.6) is 0 Å². The van der Waals surface area contributed by atoms with Gasteiger partial charge in [-0.2, -0.15) is 0 Å². The minimum absolute atomic E-state index is 0.143. The van der Waals surface area contributed by atoms with Gasteiger partial charge in [-0.15, -0.1) is 0 Å². The predicted octanol–water partition coefficient (Wildman–Crippen LogP) is -0.863. The van der Waals surface area contributed by atoms with E-state index in [4.69, 9.17) is 4.74 Å². The molecule has 23 heavy (non-hydrogen) atoms. The summed E-state index contributed by atoms with van der Waals surface area (Å²) in [4.78, 5) is 18.9. The number of piperazine rings is 1. The van der Waals surface area contributed by atoms with Crippen LogP contribution in [-0.2, 0) is 9.53 Å². The summed E-state index contributed by atoms with van der Waals surface area (Å²) in [5.41, 5.74) is 0. The van der Waals surface area contributed by atoms with Crippen LogP contribution in [0, 0.1) is 0 Å². The lowest BCUT2D eigenvalue weighted by Gasteiger charge is -2.27. The number of ether oxygens (including phenoxy) is 1. The molecule has 1 aromatic heterocycles. The van der Waals surface area contributed by atoms with Crippen molar-refractivity contribution in [2.45, 2.75) is 26.4 Å². The minimum Gasteiger partial charge on any atom is -0.379 e. The van der Waals surface area contributed by atoms with E-state index in [1.807, 2.05) is 32.2 Å². The third-order valence-electron chi connectivity index (χ3n) is 4.01. The Hall–Kier alpha value is -1.66. The van der Waals surface area contributed by atoms with E-state index in [1.165, 1.54) is 4.90 Å². The van der Waals surface area contributed by atoms with Crippen molar-refractivity contribution < 1.29 is 19.4 Å². The molecule has 1 aliphatic heterocycles. The second-order valence-corrected chi connectivity index (χ2v) is 6.28. The van der Waals surface area contributed by atoms with E-state index in [9.17, 15) is 4.79 Å². The minimum atomic E-state index is 0.143. The number of aromatic nitrogens is 1. The zero-order valence-electron chi connectivity index (χ0n) is 14.3.